The smallest absolute Gasteiger partial charge is 0.0594 e. The first kappa shape index (κ1) is 14.0. The summed E-state index contributed by atoms with van der Waals surface area (Å²) >= 11 is 0. The van der Waals surface area contributed by atoms with Crippen LogP contribution >= 0.6 is 0 Å². The second kappa shape index (κ2) is 7.29. The topological polar surface area (TPSA) is 21.3 Å². The van der Waals surface area contributed by atoms with Crippen LogP contribution in [0.25, 0.3) is 0 Å². The van der Waals surface area contributed by atoms with Gasteiger partial charge in [0, 0.05) is 12.6 Å². The quantitative estimate of drug-likeness (QED) is 0.704. The van der Waals surface area contributed by atoms with Crippen LogP contribution in [0.15, 0.2) is 0 Å². The molecule has 0 radical (unpaired) electrons. The molecular weight excluding hydrogens is 198 g/mol. The zero-order valence-corrected chi connectivity index (χ0v) is 11.5. The van der Waals surface area contributed by atoms with Crippen molar-refractivity contribution < 1.29 is 4.74 Å². The Morgan fingerprint density at radius 1 is 1.12 bits per heavy atom. The Morgan fingerprint density at radius 2 is 1.75 bits per heavy atom. The summed E-state index contributed by atoms with van der Waals surface area (Å²) in [5.41, 5.74) is 0. The van der Waals surface area contributed by atoms with Crippen LogP contribution in [0.1, 0.15) is 53.4 Å². The maximum absolute atomic E-state index is 5.90. The van der Waals surface area contributed by atoms with E-state index in [1.165, 1.54) is 25.7 Å². The number of rotatable bonds is 6. The number of ether oxygens (including phenoxy) is 1. The molecule has 1 aliphatic rings. The minimum Gasteiger partial charge on any atom is -0.377 e. The lowest BCUT2D eigenvalue weighted by molar-refractivity contribution is 0.0205. The van der Waals surface area contributed by atoms with Gasteiger partial charge in [-0.2, -0.15) is 0 Å². The van der Waals surface area contributed by atoms with Gasteiger partial charge in [-0.05, 0) is 44.4 Å². The molecule has 0 heterocycles. The van der Waals surface area contributed by atoms with Crippen molar-refractivity contribution in [2.45, 2.75) is 65.5 Å². The summed E-state index contributed by atoms with van der Waals surface area (Å²) in [6.07, 6.45) is 5.76. The van der Waals surface area contributed by atoms with Crippen LogP contribution in [0.2, 0.25) is 0 Å². The molecule has 96 valence electrons. The molecular formula is C14H29NO. The Labute approximate surface area is 101 Å². The number of nitrogens with one attached hydrogen (secondary N) is 1. The van der Waals surface area contributed by atoms with Gasteiger partial charge in [-0.25, -0.2) is 0 Å². The average Bonchev–Trinajstić information content (AvgIpc) is 2.26. The van der Waals surface area contributed by atoms with Crippen molar-refractivity contribution >= 4 is 0 Å². The van der Waals surface area contributed by atoms with Crippen molar-refractivity contribution in [3.63, 3.8) is 0 Å². The van der Waals surface area contributed by atoms with Crippen LogP contribution in [0.5, 0.6) is 0 Å². The lowest BCUT2D eigenvalue weighted by Gasteiger charge is -2.26. The minimum absolute atomic E-state index is 0.535. The van der Waals surface area contributed by atoms with Crippen LogP contribution in [-0.2, 0) is 4.74 Å². The molecule has 0 amide bonds. The summed E-state index contributed by atoms with van der Waals surface area (Å²) in [5.74, 6) is 1.62. The molecule has 0 aromatic heterocycles. The normalized spacial score (nSPS) is 28.3. The lowest BCUT2D eigenvalue weighted by atomic mass is 9.89. The molecule has 1 aliphatic carbocycles. The van der Waals surface area contributed by atoms with Gasteiger partial charge < -0.3 is 10.1 Å². The van der Waals surface area contributed by atoms with E-state index in [-0.39, 0.29) is 0 Å². The predicted molar refractivity (Wildman–Crippen MR) is 69.7 cm³/mol. The van der Waals surface area contributed by atoms with E-state index in [0.717, 1.165) is 19.1 Å². The maximum atomic E-state index is 5.90. The first-order valence-electron chi connectivity index (χ1n) is 6.94. The zero-order valence-electron chi connectivity index (χ0n) is 11.5. The number of hydrogen-bond acceptors (Lipinski definition) is 2. The van der Waals surface area contributed by atoms with Crippen molar-refractivity contribution in [3.05, 3.63) is 0 Å². The fourth-order valence-electron chi connectivity index (χ4n) is 2.14. The van der Waals surface area contributed by atoms with Crippen molar-refractivity contribution in [1.29, 1.82) is 0 Å². The Balaban J connectivity index is 1.99. The largest absolute Gasteiger partial charge is 0.377 e. The van der Waals surface area contributed by atoms with E-state index in [2.05, 4.69) is 33.0 Å². The minimum atomic E-state index is 0.535. The van der Waals surface area contributed by atoms with Gasteiger partial charge in [0.25, 0.3) is 0 Å². The highest BCUT2D eigenvalue weighted by Gasteiger charge is 2.18. The highest BCUT2D eigenvalue weighted by Crippen LogP contribution is 2.25. The van der Waals surface area contributed by atoms with Crippen molar-refractivity contribution in [1.82, 2.24) is 5.32 Å². The molecule has 2 heteroatoms. The summed E-state index contributed by atoms with van der Waals surface area (Å²) in [4.78, 5) is 0. The molecule has 0 saturated heterocycles. The molecule has 0 aromatic carbocycles. The highest BCUT2D eigenvalue weighted by atomic mass is 16.5. The SMILES string of the molecule is CC1CCC(OCCNC(C)C(C)C)CC1. The fourth-order valence-corrected chi connectivity index (χ4v) is 2.14. The third-order valence-corrected chi connectivity index (χ3v) is 3.88. The maximum Gasteiger partial charge on any atom is 0.0594 e. The first-order chi connectivity index (χ1) is 7.59. The van der Waals surface area contributed by atoms with E-state index in [9.17, 15) is 0 Å². The van der Waals surface area contributed by atoms with Crippen molar-refractivity contribution in [2.24, 2.45) is 11.8 Å². The van der Waals surface area contributed by atoms with Crippen molar-refractivity contribution in [2.75, 3.05) is 13.2 Å². The molecule has 1 unspecified atom stereocenters. The third kappa shape index (κ3) is 5.31. The van der Waals surface area contributed by atoms with E-state index in [4.69, 9.17) is 4.74 Å². The van der Waals surface area contributed by atoms with Crippen LogP contribution in [-0.4, -0.2) is 25.3 Å². The molecule has 1 atom stereocenters. The van der Waals surface area contributed by atoms with E-state index < -0.39 is 0 Å². The number of hydrogen-bond donors (Lipinski definition) is 1. The van der Waals surface area contributed by atoms with Crippen LogP contribution in [0.3, 0.4) is 0 Å². The van der Waals surface area contributed by atoms with Crippen molar-refractivity contribution in [3.8, 4) is 0 Å². The summed E-state index contributed by atoms with van der Waals surface area (Å²) in [5, 5.41) is 3.51. The molecule has 1 rings (SSSR count). The Morgan fingerprint density at radius 3 is 2.31 bits per heavy atom. The molecule has 1 fully saturated rings. The fraction of sp³-hybridized carbons (Fsp3) is 1.00. The van der Waals surface area contributed by atoms with Crippen LogP contribution in [0.4, 0.5) is 0 Å². The zero-order chi connectivity index (χ0) is 12.0. The second-order valence-corrected chi connectivity index (χ2v) is 5.74. The predicted octanol–water partition coefficient (Wildman–Crippen LogP) is 3.22. The second-order valence-electron chi connectivity index (χ2n) is 5.74. The Kier molecular flexibility index (Phi) is 6.37. The van der Waals surface area contributed by atoms with Crippen LogP contribution in [0, 0.1) is 11.8 Å². The molecule has 0 aromatic rings. The lowest BCUT2D eigenvalue weighted by Crippen LogP contribution is -2.34. The highest BCUT2D eigenvalue weighted by molar-refractivity contribution is 4.70. The van der Waals surface area contributed by atoms with Gasteiger partial charge in [-0.1, -0.05) is 20.8 Å². The van der Waals surface area contributed by atoms with E-state index >= 15 is 0 Å². The van der Waals surface area contributed by atoms with E-state index in [1.54, 1.807) is 0 Å². The molecule has 0 bridgehead atoms. The molecule has 1 N–H and O–H groups in total. The monoisotopic (exact) mass is 227 g/mol. The average molecular weight is 227 g/mol. The van der Waals surface area contributed by atoms with Gasteiger partial charge >= 0.3 is 0 Å². The van der Waals surface area contributed by atoms with Gasteiger partial charge in [0.1, 0.15) is 0 Å². The Hall–Kier alpha value is -0.0800. The summed E-state index contributed by atoms with van der Waals surface area (Å²) in [7, 11) is 0. The summed E-state index contributed by atoms with van der Waals surface area (Å²) in [6, 6.07) is 0.593. The van der Waals surface area contributed by atoms with Crippen LogP contribution < -0.4 is 5.32 Å². The molecule has 0 aliphatic heterocycles. The van der Waals surface area contributed by atoms with Gasteiger partial charge in [-0.15, -0.1) is 0 Å². The van der Waals surface area contributed by atoms with Gasteiger partial charge in [0.05, 0.1) is 12.7 Å². The standard InChI is InChI=1S/C14H29NO/c1-11(2)13(4)15-9-10-16-14-7-5-12(3)6-8-14/h11-15H,5-10H2,1-4H3. The first-order valence-corrected chi connectivity index (χ1v) is 6.94. The molecule has 2 nitrogen and oxygen atoms in total. The molecule has 0 spiro atoms. The molecule has 1 saturated carbocycles. The summed E-state index contributed by atoms with van der Waals surface area (Å²) < 4.78 is 5.90. The summed E-state index contributed by atoms with van der Waals surface area (Å²) in [6.45, 7) is 11.0. The van der Waals surface area contributed by atoms with E-state index in [1.807, 2.05) is 0 Å². The third-order valence-electron chi connectivity index (χ3n) is 3.88. The van der Waals surface area contributed by atoms with E-state index in [0.29, 0.717) is 18.1 Å². The van der Waals surface area contributed by atoms with Gasteiger partial charge in [0.2, 0.25) is 0 Å². The molecule has 16 heavy (non-hydrogen) atoms. The van der Waals surface area contributed by atoms with Gasteiger partial charge in [0.15, 0.2) is 0 Å². The Bertz CT molecular complexity index is 174. The van der Waals surface area contributed by atoms with Gasteiger partial charge in [-0.3, -0.25) is 0 Å².